The van der Waals surface area contributed by atoms with Crippen LogP contribution >= 0.6 is 23.2 Å². The van der Waals surface area contributed by atoms with Crippen LogP contribution in [0, 0.1) is 0 Å². The Hall–Kier alpha value is -2.81. The van der Waals surface area contributed by atoms with Gasteiger partial charge in [0.1, 0.15) is 6.10 Å². The van der Waals surface area contributed by atoms with E-state index in [1.165, 1.54) is 30.5 Å². The summed E-state index contributed by atoms with van der Waals surface area (Å²) in [5.74, 6) is 0.0315. The second kappa shape index (κ2) is 9.13. The molecule has 3 aromatic rings. The van der Waals surface area contributed by atoms with Crippen LogP contribution in [0.15, 0.2) is 59.6 Å². The lowest BCUT2D eigenvalue weighted by Gasteiger charge is -2.18. The SMILES string of the molecule is CC(Oc1cc(Cl)cnc1N)c1ccc(Cl)c(NC(=O)c2cccc(S(C)(=O)=O)c2)c1. The number of sulfone groups is 1. The molecule has 3 rings (SSSR count). The highest BCUT2D eigenvalue weighted by Gasteiger charge is 2.16. The van der Waals surface area contributed by atoms with E-state index in [1.807, 2.05) is 0 Å². The van der Waals surface area contributed by atoms with Gasteiger partial charge in [0.2, 0.25) is 0 Å². The van der Waals surface area contributed by atoms with Crippen LogP contribution < -0.4 is 15.8 Å². The van der Waals surface area contributed by atoms with Crippen molar-refractivity contribution < 1.29 is 17.9 Å². The molecule has 31 heavy (non-hydrogen) atoms. The van der Waals surface area contributed by atoms with Crippen molar-refractivity contribution in [1.29, 1.82) is 0 Å². The van der Waals surface area contributed by atoms with Gasteiger partial charge in [-0.2, -0.15) is 0 Å². The fourth-order valence-corrected chi connectivity index (χ4v) is 3.72. The highest BCUT2D eigenvalue weighted by molar-refractivity contribution is 7.90. The largest absolute Gasteiger partial charge is 0.482 e. The number of aromatic nitrogens is 1. The maximum absolute atomic E-state index is 12.7. The molecule has 0 aliphatic carbocycles. The van der Waals surface area contributed by atoms with Crippen molar-refractivity contribution in [3.8, 4) is 5.75 Å². The third-order valence-electron chi connectivity index (χ3n) is 4.38. The Morgan fingerprint density at radius 3 is 2.61 bits per heavy atom. The zero-order valence-electron chi connectivity index (χ0n) is 16.6. The molecule has 2 aromatic carbocycles. The number of hydrogen-bond donors (Lipinski definition) is 2. The van der Waals surface area contributed by atoms with E-state index in [1.54, 1.807) is 31.2 Å². The smallest absolute Gasteiger partial charge is 0.255 e. The van der Waals surface area contributed by atoms with E-state index in [0.717, 1.165) is 6.26 Å². The number of carbonyl (C=O) groups excluding carboxylic acids is 1. The lowest BCUT2D eigenvalue weighted by molar-refractivity contribution is 0.102. The van der Waals surface area contributed by atoms with Gasteiger partial charge in [0.15, 0.2) is 21.4 Å². The van der Waals surface area contributed by atoms with Crippen molar-refractivity contribution in [2.45, 2.75) is 17.9 Å². The number of halogens is 2. The third kappa shape index (κ3) is 5.66. The first-order valence-electron chi connectivity index (χ1n) is 9.03. The van der Waals surface area contributed by atoms with Crippen LogP contribution in [-0.4, -0.2) is 25.6 Å². The molecule has 0 aliphatic heterocycles. The van der Waals surface area contributed by atoms with Crippen LogP contribution in [0.3, 0.4) is 0 Å². The number of pyridine rings is 1. The lowest BCUT2D eigenvalue weighted by atomic mass is 10.1. The first kappa shape index (κ1) is 22.9. The van der Waals surface area contributed by atoms with E-state index >= 15 is 0 Å². The molecule has 0 fully saturated rings. The van der Waals surface area contributed by atoms with Crippen LogP contribution in [0.2, 0.25) is 10.0 Å². The van der Waals surface area contributed by atoms with E-state index in [-0.39, 0.29) is 16.3 Å². The topological polar surface area (TPSA) is 111 Å². The van der Waals surface area contributed by atoms with E-state index < -0.39 is 21.8 Å². The van der Waals surface area contributed by atoms with Gasteiger partial charge in [0.25, 0.3) is 5.91 Å². The Labute approximate surface area is 190 Å². The van der Waals surface area contributed by atoms with Crippen molar-refractivity contribution in [3.05, 3.63) is 75.9 Å². The number of benzene rings is 2. The second-order valence-corrected chi connectivity index (χ2v) is 9.65. The molecule has 162 valence electrons. The fourth-order valence-electron chi connectivity index (χ4n) is 2.74. The number of nitrogens with one attached hydrogen (secondary N) is 1. The van der Waals surface area contributed by atoms with Gasteiger partial charge in [-0.3, -0.25) is 4.79 Å². The van der Waals surface area contributed by atoms with Crippen molar-refractivity contribution in [2.75, 3.05) is 17.3 Å². The molecule has 0 aliphatic rings. The number of carbonyl (C=O) groups is 1. The van der Waals surface area contributed by atoms with Gasteiger partial charge in [0.05, 0.1) is 20.6 Å². The van der Waals surface area contributed by atoms with E-state index in [2.05, 4.69) is 10.3 Å². The normalized spacial score (nSPS) is 12.3. The first-order valence-corrected chi connectivity index (χ1v) is 11.7. The Morgan fingerprint density at radius 2 is 1.90 bits per heavy atom. The highest BCUT2D eigenvalue weighted by atomic mass is 35.5. The molecule has 7 nitrogen and oxygen atoms in total. The molecule has 1 aromatic heterocycles. The number of ether oxygens (including phenoxy) is 1. The van der Waals surface area contributed by atoms with Crippen molar-refractivity contribution in [2.24, 2.45) is 0 Å². The van der Waals surface area contributed by atoms with Gasteiger partial charge < -0.3 is 15.8 Å². The van der Waals surface area contributed by atoms with Gasteiger partial charge in [-0.25, -0.2) is 13.4 Å². The minimum absolute atomic E-state index is 0.0507. The molecule has 10 heteroatoms. The quantitative estimate of drug-likeness (QED) is 0.526. The molecule has 0 saturated carbocycles. The molecule has 1 atom stereocenters. The predicted molar refractivity (Wildman–Crippen MR) is 122 cm³/mol. The number of anilines is 2. The Morgan fingerprint density at radius 1 is 1.16 bits per heavy atom. The molecule has 0 spiro atoms. The molecule has 1 heterocycles. The van der Waals surface area contributed by atoms with Crippen LogP contribution in [-0.2, 0) is 9.84 Å². The molecule has 0 saturated heterocycles. The predicted octanol–water partition coefficient (Wildman–Crippen LogP) is 4.77. The van der Waals surface area contributed by atoms with E-state index in [0.29, 0.717) is 27.0 Å². The summed E-state index contributed by atoms with van der Waals surface area (Å²) >= 11 is 12.2. The Bertz CT molecular complexity index is 1250. The second-order valence-electron chi connectivity index (χ2n) is 6.79. The summed E-state index contributed by atoms with van der Waals surface area (Å²) in [4.78, 5) is 16.7. The van der Waals surface area contributed by atoms with Gasteiger partial charge in [-0.15, -0.1) is 0 Å². The van der Waals surface area contributed by atoms with Crippen LogP contribution in [0.5, 0.6) is 5.75 Å². The third-order valence-corrected chi connectivity index (χ3v) is 6.03. The van der Waals surface area contributed by atoms with E-state index in [4.69, 9.17) is 33.7 Å². The molecule has 1 amide bonds. The highest BCUT2D eigenvalue weighted by Crippen LogP contribution is 2.31. The Balaban J connectivity index is 1.82. The van der Waals surface area contributed by atoms with Gasteiger partial charge in [-0.05, 0) is 42.8 Å². The minimum atomic E-state index is -3.44. The lowest BCUT2D eigenvalue weighted by Crippen LogP contribution is -2.14. The standard InChI is InChI=1S/C21H19Cl2N3O4S/c1-12(30-19-10-15(22)11-25-20(19)24)13-6-7-17(23)18(9-13)26-21(27)14-4-3-5-16(8-14)31(2,28)29/h3-12H,1-2H3,(H2,24,25)(H,26,27). The molecule has 0 radical (unpaired) electrons. The number of amides is 1. The van der Waals surface area contributed by atoms with Crippen LogP contribution in [0.1, 0.15) is 28.9 Å². The summed E-state index contributed by atoms with van der Waals surface area (Å²) in [5, 5.41) is 3.40. The number of rotatable bonds is 6. The summed E-state index contributed by atoms with van der Waals surface area (Å²) in [6, 6.07) is 12.4. The van der Waals surface area contributed by atoms with Gasteiger partial charge >= 0.3 is 0 Å². The summed E-state index contributed by atoms with van der Waals surface area (Å²) < 4.78 is 29.3. The van der Waals surface area contributed by atoms with Crippen LogP contribution in [0.25, 0.3) is 0 Å². The summed E-state index contributed by atoms with van der Waals surface area (Å²) in [5.41, 5.74) is 7.07. The maximum atomic E-state index is 12.7. The number of nitrogens with zero attached hydrogens (tertiary/aromatic N) is 1. The van der Waals surface area contributed by atoms with Gasteiger partial charge in [-0.1, -0.05) is 35.3 Å². The average molecular weight is 480 g/mol. The van der Waals surface area contributed by atoms with Crippen molar-refractivity contribution >= 4 is 50.5 Å². The van der Waals surface area contributed by atoms with Gasteiger partial charge in [0, 0.05) is 24.1 Å². The van der Waals surface area contributed by atoms with Crippen LogP contribution in [0.4, 0.5) is 11.5 Å². The Kier molecular flexibility index (Phi) is 6.74. The molecule has 0 bridgehead atoms. The average Bonchev–Trinajstić information content (AvgIpc) is 2.71. The summed E-state index contributed by atoms with van der Waals surface area (Å²) in [7, 11) is -3.44. The molecule has 3 N–H and O–H groups in total. The first-order chi connectivity index (χ1) is 14.5. The summed E-state index contributed by atoms with van der Waals surface area (Å²) in [6.45, 7) is 1.80. The maximum Gasteiger partial charge on any atom is 0.255 e. The molecular weight excluding hydrogens is 461 g/mol. The zero-order chi connectivity index (χ0) is 22.8. The van der Waals surface area contributed by atoms with Crippen molar-refractivity contribution in [1.82, 2.24) is 4.98 Å². The van der Waals surface area contributed by atoms with Crippen molar-refractivity contribution in [3.63, 3.8) is 0 Å². The molecular formula is C21H19Cl2N3O4S. The minimum Gasteiger partial charge on any atom is -0.482 e. The zero-order valence-corrected chi connectivity index (χ0v) is 18.9. The molecule has 1 unspecified atom stereocenters. The number of nitrogens with two attached hydrogens (primary N) is 1. The van der Waals surface area contributed by atoms with E-state index in [9.17, 15) is 13.2 Å². The number of nitrogen functional groups attached to an aromatic ring is 1. The summed E-state index contributed by atoms with van der Waals surface area (Å²) in [6.07, 6.45) is 2.04. The number of hydrogen-bond acceptors (Lipinski definition) is 6. The fraction of sp³-hybridized carbons (Fsp3) is 0.143. The monoisotopic (exact) mass is 479 g/mol.